The number of furan rings is 2. The van der Waals surface area contributed by atoms with E-state index in [0.717, 1.165) is 0 Å². The average Bonchev–Trinajstić information content (AvgIpc) is 3.00. The van der Waals surface area contributed by atoms with Gasteiger partial charge < -0.3 is 13.9 Å². The third-order valence-electron chi connectivity index (χ3n) is 2.36. The Bertz CT molecular complexity index is 496. The maximum Gasteiger partial charge on any atom is 0.203 e. The topological polar surface area (TPSA) is 82.3 Å². The van der Waals surface area contributed by atoms with Crippen LogP contribution in [-0.4, -0.2) is 11.7 Å². The molecule has 0 aliphatic rings. The molecule has 17 heavy (non-hydrogen) atoms. The first-order valence-corrected chi connectivity index (χ1v) is 5.20. The van der Waals surface area contributed by atoms with Crippen LogP contribution in [-0.2, 0) is 6.54 Å². The van der Waals surface area contributed by atoms with Crippen molar-refractivity contribution in [1.29, 1.82) is 5.26 Å². The maximum absolute atomic E-state index is 9.22. The molecular formula is C12H12N2O3. The first kappa shape index (κ1) is 11.5. The van der Waals surface area contributed by atoms with Gasteiger partial charge in [0.2, 0.25) is 5.76 Å². The Hall–Kier alpha value is -2.03. The summed E-state index contributed by atoms with van der Waals surface area (Å²) in [4.78, 5) is 0. The molecule has 5 heteroatoms. The standard InChI is InChI=1S/C12H12N2O3/c13-6-9-3-4-10(17-9)7-14-11(8-15)12-2-1-5-16-12/h1-5,11,14-15H,7-8H2. The van der Waals surface area contributed by atoms with Crippen LogP contribution in [0.4, 0.5) is 0 Å². The molecule has 2 rings (SSSR count). The lowest BCUT2D eigenvalue weighted by Crippen LogP contribution is -2.23. The molecule has 2 heterocycles. The van der Waals surface area contributed by atoms with Gasteiger partial charge in [0.05, 0.1) is 25.5 Å². The van der Waals surface area contributed by atoms with Crippen LogP contribution in [0.3, 0.4) is 0 Å². The van der Waals surface area contributed by atoms with Gasteiger partial charge in [-0.25, -0.2) is 0 Å². The summed E-state index contributed by atoms with van der Waals surface area (Å²) in [5, 5.41) is 20.9. The Morgan fingerprint density at radius 1 is 1.41 bits per heavy atom. The zero-order valence-corrected chi connectivity index (χ0v) is 9.09. The summed E-state index contributed by atoms with van der Waals surface area (Å²) in [5.41, 5.74) is 0. The van der Waals surface area contributed by atoms with Gasteiger partial charge in [0.15, 0.2) is 0 Å². The van der Waals surface area contributed by atoms with Crippen LogP contribution in [0.5, 0.6) is 0 Å². The summed E-state index contributed by atoms with van der Waals surface area (Å²) in [6.07, 6.45) is 1.56. The molecule has 0 saturated heterocycles. The first-order valence-electron chi connectivity index (χ1n) is 5.20. The highest BCUT2D eigenvalue weighted by molar-refractivity contribution is 5.19. The summed E-state index contributed by atoms with van der Waals surface area (Å²) in [7, 11) is 0. The van der Waals surface area contributed by atoms with Crippen molar-refractivity contribution in [2.75, 3.05) is 6.61 Å². The number of nitrogens with one attached hydrogen (secondary N) is 1. The molecule has 0 aliphatic heterocycles. The number of aliphatic hydroxyl groups excluding tert-OH is 1. The van der Waals surface area contributed by atoms with E-state index in [1.165, 1.54) is 0 Å². The van der Waals surface area contributed by atoms with Crippen LogP contribution in [0, 0.1) is 11.3 Å². The van der Waals surface area contributed by atoms with Crippen LogP contribution in [0.1, 0.15) is 23.3 Å². The molecule has 0 amide bonds. The van der Waals surface area contributed by atoms with Gasteiger partial charge in [-0.05, 0) is 24.3 Å². The number of hydrogen-bond donors (Lipinski definition) is 2. The van der Waals surface area contributed by atoms with Crippen LogP contribution in [0.15, 0.2) is 39.4 Å². The molecule has 0 fully saturated rings. The first-order chi connectivity index (χ1) is 8.33. The van der Waals surface area contributed by atoms with Gasteiger partial charge in [-0.3, -0.25) is 5.32 Å². The molecule has 0 saturated carbocycles. The van der Waals surface area contributed by atoms with Gasteiger partial charge in [-0.15, -0.1) is 0 Å². The van der Waals surface area contributed by atoms with Gasteiger partial charge in [-0.1, -0.05) is 0 Å². The Labute approximate surface area is 98.3 Å². The highest BCUT2D eigenvalue weighted by Crippen LogP contribution is 2.14. The molecule has 0 bridgehead atoms. The van der Waals surface area contributed by atoms with Gasteiger partial charge in [0, 0.05) is 0 Å². The van der Waals surface area contributed by atoms with Crippen molar-refractivity contribution in [3.63, 3.8) is 0 Å². The fraction of sp³-hybridized carbons (Fsp3) is 0.250. The minimum Gasteiger partial charge on any atom is -0.468 e. The van der Waals surface area contributed by atoms with E-state index < -0.39 is 0 Å². The SMILES string of the molecule is N#Cc1ccc(CNC(CO)c2ccco2)o1. The van der Waals surface area contributed by atoms with Crippen molar-refractivity contribution in [2.24, 2.45) is 0 Å². The summed E-state index contributed by atoms with van der Waals surface area (Å²) in [5.74, 6) is 1.59. The van der Waals surface area contributed by atoms with Crippen molar-refractivity contribution in [3.05, 3.63) is 47.8 Å². The summed E-state index contributed by atoms with van der Waals surface area (Å²) >= 11 is 0. The number of nitriles is 1. The molecule has 2 N–H and O–H groups in total. The number of hydrogen-bond acceptors (Lipinski definition) is 5. The zero-order valence-electron chi connectivity index (χ0n) is 9.09. The summed E-state index contributed by atoms with van der Waals surface area (Å²) in [6.45, 7) is 0.354. The van der Waals surface area contributed by atoms with E-state index in [2.05, 4.69) is 5.32 Å². The van der Waals surface area contributed by atoms with Crippen LogP contribution < -0.4 is 5.32 Å². The fourth-order valence-corrected chi connectivity index (χ4v) is 1.50. The van der Waals surface area contributed by atoms with Gasteiger partial charge in [0.25, 0.3) is 0 Å². The van der Waals surface area contributed by atoms with Crippen LogP contribution in [0.2, 0.25) is 0 Å². The molecule has 1 atom stereocenters. The Kier molecular flexibility index (Phi) is 3.60. The molecule has 5 nitrogen and oxygen atoms in total. The fourth-order valence-electron chi connectivity index (χ4n) is 1.50. The number of rotatable bonds is 5. The van der Waals surface area contributed by atoms with Gasteiger partial charge >= 0.3 is 0 Å². The molecule has 0 aromatic carbocycles. The summed E-state index contributed by atoms with van der Waals surface area (Å²) in [6, 6.07) is 8.52. The minimum absolute atomic E-state index is 0.0701. The smallest absolute Gasteiger partial charge is 0.203 e. The van der Waals surface area contributed by atoms with Crippen LogP contribution >= 0.6 is 0 Å². The molecule has 0 radical (unpaired) electrons. The summed E-state index contributed by atoms with van der Waals surface area (Å²) < 4.78 is 10.4. The Morgan fingerprint density at radius 2 is 2.29 bits per heavy atom. The lowest BCUT2D eigenvalue weighted by molar-refractivity contribution is 0.223. The molecular weight excluding hydrogens is 220 g/mol. The average molecular weight is 232 g/mol. The van der Waals surface area contributed by atoms with Gasteiger partial charge in [0.1, 0.15) is 17.6 Å². The second-order valence-electron chi connectivity index (χ2n) is 3.51. The van der Waals surface area contributed by atoms with E-state index in [0.29, 0.717) is 18.1 Å². The van der Waals surface area contributed by atoms with E-state index in [9.17, 15) is 5.11 Å². The minimum atomic E-state index is -0.277. The lowest BCUT2D eigenvalue weighted by Gasteiger charge is -2.12. The molecule has 2 aromatic rings. The quantitative estimate of drug-likeness (QED) is 0.817. The van der Waals surface area contributed by atoms with E-state index in [1.54, 1.807) is 30.5 Å². The monoisotopic (exact) mass is 232 g/mol. The second kappa shape index (κ2) is 5.34. The Morgan fingerprint density at radius 3 is 2.88 bits per heavy atom. The van der Waals surface area contributed by atoms with E-state index in [-0.39, 0.29) is 18.4 Å². The third kappa shape index (κ3) is 2.75. The number of nitrogens with zero attached hydrogens (tertiary/aromatic N) is 1. The second-order valence-corrected chi connectivity index (χ2v) is 3.51. The molecule has 2 aromatic heterocycles. The largest absolute Gasteiger partial charge is 0.468 e. The van der Waals surface area contributed by atoms with Crippen LogP contribution in [0.25, 0.3) is 0 Å². The normalized spacial score (nSPS) is 12.2. The zero-order chi connectivity index (χ0) is 12.1. The van der Waals surface area contributed by atoms with Crippen molar-refractivity contribution in [2.45, 2.75) is 12.6 Å². The Balaban J connectivity index is 1.95. The lowest BCUT2D eigenvalue weighted by atomic mass is 10.2. The highest BCUT2D eigenvalue weighted by Gasteiger charge is 2.13. The van der Waals surface area contributed by atoms with E-state index in [1.807, 2.05) is 6.07 Å². The number of aliphatic hydroxyl groups is 1. The molecule has 1 unspecified atom stereocenters. The van der Waals surface area contributed by atoms with Crippen molar-refractivity contribution < 1.29 is 13.9 Å². The molecule has 88 valence electrons. The van der Waals surface area contributed by atoms with E-state index >= 15 is 0 Å². The maximum atomic E-state index is 9.22. The van der Waals surface area contributed by atoms with E-state index in [4.69, 9.17) is 14.1 Å². The predicted molar refractivity (Wildman–Crippen MR) is 58.8 cm³/mol. The molecule has 0 spiro atoms. The highest BCUT2D eigenvalue weighted by atomic mass is 16.3. The predicted octanol–water partition coefficient (Wildman–Crippen LogP) is 1.57. The van der Waals surface area contributed by atoms with Crippen molar-refractivity contribution >= 4 is 0 Å². The van der Waals surface area contributed by atoms with Crippen molar-refractivity contribution in [1.82, 2.24) is 5.32 Å². The molecule has 0 aliphatic carbocycles. The van der Waals surface area contributed by atoms with Gasteiger partial charge in [-0.2, -0.15) is 5.26 Å². The third-order valence-corrected chi connectivity index (χ3v) is 2.36. The van der Waals surface area contributed by atoms with Crippen molar-refractivity contribution in [3.8, 4) is 6.07 Å².